The SMILES string of the molecule is CCNC(C)C(F)(c1ccc2sccc2c1)C(Cl)Cl. The van der Waals surface area contributed by atoms with E-state index in [1.165, 1.54) is 0 Å². The summed E-state index contributed by atoms with van der Waals surface area (Å²) >= 11 is 13.5. The molecule has 0 amide bonds. The number of halogens is 3. The number of rotatable bonds is 5. The van der Waals surface area contributed by atoms with Crippen molar-refractivity contribution in [2.45, 2.75) is 30.4 Å². The molecule has 2 aromatic rings. The van der Waals surface area contributed by atoms with Gasteiger partial charge in [-0.2, -0.15) is 0 Å². The molecule has 0 bridgehead atoms. The van der Waals surface area contributed by atoms with Gasteiger partial charge in [0, 0.05) is 10.7 Å². The molecular formula is C14H16Cl2FNS. The van der Waals surface area contributed by atoms with Crippen LogP contribution < -0.4 is 5.32 Å². The van der Waals surface area contributed by atoms with Crippen LogP contribution in [0.25, 0.3) is 10.1 Å². The van der Waals surface area contributed by atoms with Crippen LogP contribution in [-0.2, 0) is 5.67 Å². The molecule has 5 heteroatoms. The number of benzene rings is 1. The van der Waals surface area contributed by atoms with E-state index in [4.69, 9.17) is 23.2 Å². The highest BCUT2D eigenvalue weighted by Gasteiger charge is 2.44. The number of nitrogens with one attached hydrogen (secondary N) is 1. The van der Waals surface area contributed by atoms with E-state index in [0.29, 0.717) is 12.1 Å². The van der Waals surface area contributed by atoms with Crippen LogP contribution in [0.4, 0.5) is 4.39 Å². The van der Waals surface area contributed by atoms with E-state index < -0.39 is 16.5 Å². The molecule has 19 heavy (non-hydrogen) atoms. The fourth-order valence-electron chi connectivity index (χ4n) is 2.22. The van der Waals surface area contributed by atoms with Gasteiger partial charge in [0.25, 0.3) is 0 Å². The second-order valence-corrected chi connectivity index (χ2v) is 6.57. The van der Waals surface area contributed by atoms with Crippen molar-refractivity contribution >= 4 is 44.6 Å². The van der Waals surface area contributed by atoms with Crippen molar-refractivity contribution in [3.05, 3.63) is 35.2 Å². The van der Waals surface area contributed by atoms with Gasteiger partial charge in [-0.05, 0) is 48.0 Å². The number of fused-ring (bicyclic) bond motifs is 1. The van der Waals surface area contributed by atoms with Crippen LogP contribution in [0.2, 0.25) is 0 Å². The maximum Gasteiger partial charge on any atom is 0.180 e. The lowest BCUT2D eigenvalue weighted by atomic mass is 9.90. The van der Waals surface area contributed by atoms with Crippen LogP contribution in [0.1, 0.15) is 19.4 Å². The lowest BCUT2D eigenvalue weighted by molar-refractivity contribution is 0.129. The predicted molar refractivity (Wildman–Crippen MR) is 83.2 cm³/mol. The van der Waals surface area contributed by atoms with Crippen LogP contribution in [0, 0.1) is 0 Å². The summed E-state index contributed by atoms with van der Waals surface area (Å²) in [4.78, 5) is -1.13. The van der Waals surface area contributed by atoms with E-state index in [-0.39, 0.29) is 0 Å². The molecule has 0 aliphatic heterocycles. The van der Waals surface area contributed by atoms with Crippen molar-refractivity contribution in [2.24, 2.45) is 0 Å². The minimum absolute atomic E-state index is 0.464. The summed E-state index contributed by atoms with van der Waals surface area (Å²) < 4.78 is 16.5. The van der Waals surface area contributed by atoms with Crippen LogP contribution in [0.5, 0.6) is 0 Å². The maximum atomic E-state index is 15.3. The van der Waals surface area contributed by atoms with E-state index in [9.17, 15) is 0 Å². The summed E-state index contributed by atoms with van der Waals surface area (Å²) in [7, 11) is 0. The largest absolute Gasteiger partial charge is 0.311 e. The molecule has 104 valence electrons. The molecule has 0 saturated heterocycles. The third kappa shape index (κ3) is 2.75. The van der Waals surface area contributed by atoms with Crippen molar-refractivity contribution in [1.29, 1.82) is 0 Å². The molecular weight excluding hydrogens is 304 g/mol. The first-order valence-corrected chi connectivity index (χ1v) is 7.93. The van der Waals surface area contributed by atoms with Crippen molar-refractivity contribution in [2.75, 3.05) is 6.54 Å². The quantitative estimate of drug-likeness (QED) is 0.775. The van der Waals surface area contributed by atoms with Gasteiger partial charge < -0.3 is 5.32 Å². The number of hydrogen-bond acceptors (Lipinski definition) is 2. The summed E-state index contributed by atoms with van der Waals surface area (Å²) in [5, 5.41) is 6.07. The molecule has 1 nitrogen and oxygen atoms in total. The van der Waals surface area contributed by atoms with Gasteiger partial charge in [0.05, 0.1) is 0 Å². The number of hydrogen-bond donors (Lipinski definition) is 1. The average Bonchev–Trinajstić information content (AvgIpc) is 2.84. The Morgan fingerprint density at radius 2 is 2.11 bits per heavy atom. The molecule has 2 rings (SSSR count). The van der Waals surface area contributed by atoms with E-state index in [0.717, 1.165) is 10.1 Å². The maximum absolute atomic E-state index is 15.3. The molecule has 2 unspecified atom stereocenters. The minimum atomic E-state index is -1.81. The molecule has 1 heterocycles. The monoisotopic (exact) mass is 319 g/mol. The van der Waals surface area contributed by atoms with Gasteiger partial charge in [0.2, 0.25) is 0 Å². The standard InChI is InChI=1S/C14H16Cl2FNS/c1-3-18-9(2)14(17,13(15)16)11-4-5-12-10(8-11)6-7-19-12/h4-9,13,18H,3H2,1-2H3. The van der Waals surface area contributed by atoms with Gasteiger partial charge in [-0.25, -0.2) is 4.39 Å². The van der Waals surface area contributed by atoms with Gasteiger partial charge in [-0.15, -0.1) is 34.5 Å². The summed E-state index contributed by atoms with van der Waals surface area (Å²) in [6.07, 6.45) is 0. The molecule has 1 aromatic carbocycles. The van der Waals surface area contributed by atoms with Crippen LogP contribution in [-0.4, -0.2) is 17.4 Å². The Labute approximate surface area is 126 Å². The highest BCUT2D eigenvalue weighted by Crippen LogP contribution is 2.40. The second-order valence-electron chi connectivity index (χ2n) is 4.52. The third-order valence-electron chi connectivity index (χ3n) is 3.35. The molecule has 1 N–H and O–H groups in total. The first kappa shape index (κ1) is 15.0. The lowest BCUT2D eigenvalue weighted by Gasteiger charge is -2.33. The smallest absolute Gasteiger partial charge is 0.180 e. The zero-order chi connectivity index (χ0) is 14.0. The fourth-order valence-corrected chi connectivity index (χ4v) is 3.63. The van der Waals surface area contributed by atoms with Crippen LogP contribution in [0.15, 0.2) is 29.6 Å². The third-order valence-corrected chi connectivity index (χ3v) is 4.89. The Morgan fingerprint density at radius 1 is 1.37 bits per heavy atom. The fraction of sp³-hybridized carbons (Fsp3) is 0.429. The molecule has 0 fully saturated rings. The summed E-state index contributed by atoms with van der Waals surface area (Å²) in [5.41, 5.74) is -1.29. The summed E-state index contributed by atoms with van der Waals surface area (Å²) in [6, 6.07) is 7.02. The number of thiophene rings is 1. The molecule has 0 spiro atoms. The second kappa shape index (κ2) is 5.96. The number of alkyl halides is 3. The zero-order valence-corrected chi connectivity index (χ0v) is 13.1. The van der Waals surface area contributed by atoms with Crippen molar-refractivity contribution in [3.63, 3.8) is 0 Å². The molecule has 2 atom stereocenters. The summed E-state index contributed by atoms with van der Waals surface area (Å²) in [5.74, 6) is 0. The summed E-state index contributed by atoms with van der Waals surface area (Å²) in [6.45, 7) is 4.35. The van der Waals surface area contributed by atoms with Crippen LogP contribution >= 0.6 is 34.5 Å². The Hall–Kier alpha value is -0.350. The van der Waals surface area contributed by atoms with Gasteiger partial charge in [-0.1, -0.05) is 13.0 Å². The Morgan fingerprint density at radius 3 is 2.74 bits per heavy atom. The molecule has 0 aliphatic rings. The minimum Gasteiger partial charge on any atom is -0.311 e. The average molecular weight is 320 g/mol. The van der Waals surface area contributed by atoms with Crippen LogP contribution in [0.3, 0.4) is 0 Å². The molecule has 0 saturated carbocycles. The molecule has 1 aromatic heterocycles. The van der Waals surface area contributed by atoms with E-state index in [1.807, 2.05) is 30.5 Å². The lowest BCUT2D eigenvalue weighted by Crippen LogP contribution is -2.47. The predicted octanol–water partition coefficient (Wildman–Crippen LogP) is 4.87. The highest BCUT2D eigenvalue weighted by atomic mass is 35.5. The Bertz CT molecular complexity index is 557. The molecule has 0 radical (unpaired) electrons. The first-order chi connectivity index (χ1) is 9.00. The molecule has 0 aliphatic carbocycles. The van der Waals surface area contributed by atoms with Crippen molar-refractivity contribution in [3.8, 4) is 0 Å². The van der Waals surface area contributed by atoms with E-state index in [1.54, 1.807) is 24.3 Å². The topological polar surface area (TPSA) is 12.0 Å². The Balaban J connectivity index is 2.47. The normalized spacial score (nSPS) is 16.7. The van der Waals surface area contributed by atoms with Gasteiger partial charge in [0.1, 0.15) is 4.84 Å². The highest BCUT2D eigenvalue weighted by molar-refractivity contribution is 7.17. The van der Waals surface area contributed by atoms with Gasteiger partial charge in [0.15, 0.2) is 5.67 Å². The number of likely N-dealkylation sites (N-methyl/N-ethyl adjacent to an activating group) is 1. The van der Waals surface area contributed by atoms with Gasteiger partial charge >= 0.3 is 0 Å². The van der Waals surface area contributed by atoms with Gasteiger partial charge in [-0.3, -0.25) is 0 Å². The van der Waals surface area contributed by atoms with Crippen molar-refractivity contribution < 1.29 is 4.39 Å². The van der Waals surface area contributed by atoms with E-state index in [2.05, 4.69) is 5.32 Å². The zero-order valence-electron chi connectivity index (χ0n) is 10.8. The first-order valence-electron chi connectivity index (χ1n) is 6.18. The Kier molecular flexibility index (Phi) is 4.72. The van der Waals surface area contributed by atoms with E-state index >= 15 is 4.39 Å². The van der Waals surface area contributed by atoms with Crippen molar-refractivity contribution in [1.82, 2.24) is 5.32 Å².